The summed E-state index contributed by atoms with van der Waals surface area (Å²) in [7, 11) is 0. The van der Waals surface area contributed by atoms with Crippen molar-refractivity contribution in [1.82, 2.24) is 44.7 Å². The fraction of sp³-hybridized carbons (Fsp3) is 0.179. The van der Waals surface area contributed by atoms with Crippen LogP contribution in [0.3, 0.4) is 0 Å². The highest BCUT2D eigenvalue weighted by Crippen LogP contribution is 2.60. The Morgan fingerprint density at radius 1 is 0.977 bits per heavy atom. The maximum atomic E-state index is 15.3. The summed E-state index contributed by atoms with van der Waals surface area (Å²) in [6.07, 6.45) is -2.77. The Morgan fingerprint density at radius 3 is 2.59 bits per heavy atom. The smallest absolute Gasteiger partial charge is 0.338 e. The Balaban J connectivity index is 1.19. The summed E-state index contributed by atoms with van der Waals surface area (Å²) in [5.41, 5.74) is -0.666. The van der Waals surface area contributed by atoms with E-state index in [-0.39, 0.29) is 45.5 Å². The molecule has 3 unspecified atom stereocenters. The molecule has 0 spiro atoms. The molecule has 3 atom stereocenters. The first-order valence-electron chi connectivity index (χ1n) is 13.2. The lowest BCUT2D eigenvalue weighted by atomic mass is 10.0. The zero-order chi connectivity index (χ0) is 30.5. The number of halogens is 5. The van der Waals surface area contributed by atoms with Gasteiger partial charge in [-0.1, -0.05) is 17.7 Å². The molecule has 0 bridgehead atoms. The first-order valence-corrected chi connectivity index (χ1v) is 13.6. The fourth-order valence-electron chi connectivity index (χ4n) is 6.10. The predicted molar refractivity (Wildman–Crippen MR) is 148 cm³/mol. The van der Waals surface area contributed by atoms with Crippen LogP contribution < -0.4 is 11.1 Å². The molecule has 5 heterocycles. The molecule has 0 radical (unpaired) electrons. The first kappa shape index (κ1) is 26.4. The maximum Gasteiger partial charge on any atom is 0.438 e. The van der Waals surface area contributed by atoms with E-state index in [1.165, 1.54) is 35.3 Å². The molecule has 1 aliphatic heterocycles. The summed E-state index contributed by atoms with van der Waals surface area (Å²) in [6.45, 7) is 0. The number of hydrogen-bond donors (Lipinski definition) is 2. The number of H-pyrrole nitrogens is 2. The van der Waals surface area contributed by atoms with E-state index in [0.717, 1.165) is 12.1 Å². The van der Waals surface area contributed by atoms with Crippen molar-refractivity contribution < 1.29 is 17.6 Å². The minimum atomic E-state index is -4.96. The summed E-state index contributed by atoms with van der Waals surface area (Å²) in [5.74, 6) is -0.642. The number of rotatable bonds is 4. The third-order valence-electron chi connectivity index (χ3n) is 8.08. The molecule has 11 nitrogen and oxygen atoms in total. The zero-order valence-electron chi connectivity index (χ0n) is 22.0. The van der Waals surface area contributed by atoms with Crippen LogP contribution in [-0.2, 0) is 6.18 Å². The van der Waals surface area contributed by atoms with Crippen molar-refractivity contribution in [1.29, 1.82) is 0 Å². The quantitative estimate of drug-likeness (QED) is 0.273. The molecule has 1 saturated carbocycles. The molecule has 6 aromatic rings. The van der Waals surface area contributed by atoms with Crippen LogP contribution in [0.15, 0.2) is 64.4 Å². The van der Waals surface area contributed by atoms with Gasteiger partial charge in [0.15, 0.2) is 0 Å². The molecule has 1 aliphatic carbocycles. The molecule has 8 rings (SSSR count). The fourth-order valence-corrected chi connectivity index (χ4v) is 6.27. The van der Waals surface area contributed by atoms with Gasteiger partial charge in [-0.3, -0.25) is 9.59 Å². The van der Waals surface area contributed by atoms with E-state index in [0.29, 0.717) is 21.8 Å². The molecule has 2 aliphatic rings. The van der Waals surface area contributed by atoms with Gasteiger partial charge < -0.3 is 14.5 Å². The summed E-state index contributed by atoms with van der Waals surface area (Å²) >= 11 is 6.30. The largest absolute Gasteiger partial charge is 0.438 e. The molecule has 44 heavy (non-hydrogen) atoms. The van der Waals surface area contributed by atoms with Crippen LogP contribution in [0.4, 0.5) is 17.6 Å². The number of alkyl halides is 3. The van der Waals surface area contributed by atoms with Crippen LogP contribution in [0.5, 0.6) is 0 Å². The third kappa shape index (κ3) is 4.06. The molecule has 2 N–H and O–H groups in total. The minimum Gasteiger partial charge on any atom is -0.338 e. The lowest BCUT2D eigenvalue weighted by Crippen LogP contribution is -2.26. The minimum absolute atomic E-state index is 0.00705. The zero-order valence-corrected chi connectivity index (χ0v) is 22.7. The second-order valence-corrected chi connectivity index (χ2v) is 11.1. The topological polar surface area (TPSA) is 140 Å². The van der Waals surface area contributed by atoms with Gasteiger partial charge in [-0.05, 0) is 64.7 Å². The van der Waals surface area contributed by atoms with Crippen molar-refractivity contribution in [3.63, 3.8) is 0 Å². The van der Waals surface area contributed by atoms with E-state index in [4.69, 9.17) is 11.6 Å². The van der Waals surface area contributed by atoms with E-state index in [2.05, 4.69) is 35.5 Å². The van der Waals surface area contributed by atoms with Gasteiger partial charge in [0.1, 0.15) is 17.8 Å². The number of benzene rings is 2. The van der Waals surface area contributed by atoms with Gasteiger partial charge in [0.25, 0.3) is 11.1 Å². The number of pyridine rings is 1. The van der Waals surface area contributed by atoms with E-state index in [1.807, 2.05) is 6.07 Å². The van der Waals surface area contributed by atoms with Crippen LogP contribution >= 0.6 is 11.6 Å². The van der Waals surface area contributed by atoms with Crippen LogP contribution in [0.25, 0.3) is 39.1 Å². The molecule has 2 aromatic carbocycles. The summed E-state index contributed by atoms with van der Waals surface area (Å²) in [5, 5.41) is 11.8. The van der Waals surface area contributed by atoms with E-state index >= 15 is 4.39 Å². The van der Waals surface area contributed by atoms with Crippen LogP contribution in [0, 0.1) is 11.9 Å². The molecular formula is C28H16ClF4N9O2. The van der Waals surface area contributed by atoms with E-state index in [1.54, 1.807) is 22.8 Å². The Labute approximate surface area is 247 Å². The van der Waals surface area contributed by atoms with Gasteiger partial charge in [0, 0.05) is 33.8 Å². The van der Waals surface area contributed by atoms with Gasteiger partial charge in [-0.15, -0.1) is 5.10 Å². The average Bonchev–Trinajstić information content (AvgIpc) is 3.28. The molecule has 220 valence electrons. The normalized spacial score (nSPS) is 18.9. The number of aromatic amines is 2. The second kappa shape index (κ2) is 9.16. The summed E-state index contributed by atoms with van der Waals surface area (Å²) in [6, 6.07) is 12.0. The van der Waals surface area contributed by atoms with Crippen molar-refractivity contribution in [3.05, 3.63) is 104 Å². The molecule has 16 heteroatoms. The Morgan fingerprint density at radius 2 is 1.82 bits per heavy atom. The highest BCUT2D eigenvalue weighted by atomic mass is 35.5. The highest BCUT2D eigenvalue weighted by Gasteiger charge is 2.54. The van der Waals surface area contributed by atoms with Gasteiger partial charge in [-0.2, -0.15) is 22.2 Å². The SMILES string of the molecule is O=c1[nH]c2ccc(-c3[nH]c(C4C5CC5c5cc(-c6cc(Cl)ccc6-n6cnnn6)cc(=O)n54)nc3F)cc2nc1C(F)(F)F. The number of nitrogens with zero attached hydrogens (tertiary/aromatic N) is 7. The van der Waals surface area contributed by atoms with Crippen molar-refractivity contribution in [2.75, 3.05) is 0 Å². The maximum absolute atomic E-state index is 15.3. The Bertz CT molecular complexity index is 2260. The van der Waals surface area contributed by atoms with Crippen molar-refractivity contribution in [2.24, 2.45) is 5.92 Å². The third-order valence-corrected chi connectivity index (χ3v) is 8.31. The van der Waals surface area contributed by atoms with Crippen molar-refractivity contribution in [3.8, 4) is 28.1 Å². The van der Waals surface area contributed by atoms with E-state index < -0.39 is 29.4 Å². The molecule has 0 amide bonds. The summed E-state index contributed by atoms with van der Waals surface area (Å²) in [4.78, 5) is 38.1. The van der Waals surface area contributed by atoms with Crippen molar-refractivity contribution in [2.45, 2.75) is 24.6 Å². The molecule has 1 fully saturated rings. The van der Waals surface area contributed by atoms with Gasteiger partial charge in [0.2, 0.25) is 11.6 Å². The number of nitrogens with one attached hydrogen (secondary N) is 2. The second-order valence-electron chi connectivity index (χ2n) is 10.7. The monoisotopic (exact) mass is 621 g/mol. The number of fused-ring (bicyclic) bond motifs is 4. The van der Waals surface area contributed by atoms with Crippen LogP contribution in [0.2, 0.25) is 5.02 Å². The highest BCUT2D eigenvalue weighted by molar-refractivity contribution is 6.31. The summed E-state index contributed by atoms with van der Waals surface area (Å²) < 4.78 is 58.1. The standard InChI is InChI=1S/C28H16ClF4N9O2/c29-13-2-4-19(41-10-34-39-40-41)14(8-13)12-6-20-15-9-16(15)23(42(20)21(43)7-12)26-37-22(25(30)38-26)11-1-3-17-18(5-11)35-24(27(44)36-17)28(31,32)33/h1-8,10,15-16,23H,9H2,(H,36,44)(H,37,38). The molecular weight excluding hydrogens is 606 g/mol. The number of hydrogen-bond acceptors (Lipinski definition) is 7. The first-order chi connectivity index (χ1) is 21.1. The number of imidazole rings is 1. The van der Waals surface area contributed by atoms with Crippen LogP contribution in [0.1, 0.15) is 35.6 Å². The Hall–Kier alpha value is -5.18. The molecule has 4 aromatic heterocycles. The van der Waals surface area contributed by atoms with Gasteiger partial charge in [0.05, 0.1) is 22.8 Å². The average molecular weight is 622 g/mol. The lowest BCUT2D eigenvalue weighted by molar-refractivity contribution is -0.142. The van der Waals surface area contributed by atoms with Crippen molar-refractivity contribution >= 4 is 22.6 Å². The van der Waals surface area contributed by atoms with Gasteiger partial charge >= 0.3 is 6.18 Å². The number of aromatic nitrogens is 9. The van der Waals surface area contributed by atoms with Gasteiger partial charge in [-0.25, -0.2) is 9.97 Å². The van der Waals surface area contributed by atoms with E-state index in [9.17, 15) is 22.8 Å². The molecule has 0 saturated heterocycles. The number of tetrazole rings is 1. The Kier molecular flexibility index (Phi) is 5.51. The predicted octanol–water partition coefficient (Wildman–Crippen LogP) is 4.64. The van der Waals surface area contributed by atoms with Crippen LogP contribution in [-0.4, -0.2) is 44.7 Å². The lowest BCUT2D eigenvalue weighted by Gasteiger charge is -2.17.